The van der Waals surface area contributed by atoms with Gasteiger partial charge in [0.2, 0.25) is 0 Å². The molecule has 0 amide bonds. The Kier molecular flexibility index (Phi) is 11.3. The van der Waals surface area contributed by atoms with Crippen molar-refractivity contribution in [1.29, 1.82) is 0 Å². The average molecular weight is 540 g/mol. The molecule has 38 heavy (non-hydrogen) atoms. The van der Waals surface area contributed by atoms with Gasteiger partial charge in [0.1, 0.15) is 12.2 Å². The first-order valence-electron chi connectivity index (χ1n) is 14.9. The number of nitrogens with zero attached hydrogens (tertiary/aromatic N) is 2. The summed E-state index contributed by atoms with van der Waals surface area (Å²) in [6.45, 7) is 18.4. The van der Waals surface area contributed by atoms with Gasteiger partial charge in [-0.1, -0.05) is 32.6 Å². The summed E-state index contributed by atoms with van der Waals surface area (Å²) in [5.41, 5.74) is -1.29. The number of hydroxylamine groups is 2. The van der Waals surface area contributed by atoms with E-state index in [9.17, 15) is 14.8 Å². The van der Waals surface area contributed by atoms with E-state index < -0.39 is 11.1 Å². The van der Waals surface area contributed by atoms with Crippen LogP contribution in [-0.2, 0) is 19.1 Å². The smallest absolute Gasteiger partial charge is 0.309 e. The van der Waals surface area contributed by atoms with E-state index in [1.807, 2.05) is 39.6 Å². The van der Waals surface area contributed by atoms with Crippen molar-refractivity contribution >= 4 is 11.9 Å². The monoisotopic (exact) mass is 539 g/mol. The zero-order valence-electron chi connectivity index (χ0n) is 25.8. The van der Waals surface area contributed by atoms with Crippen LogP contribution in [0.2, 0.25) is 0 Å². The van der Waals surface area contributed by atoms with Gasteiger partial charge >= 0.3 is 11.9 Å². The van der Waals surface area contributed by atoms with Crippen molar-refractivity contribution < 1.29 is 24.3 Å². The summed E-state index contributed by atoms with van der Waals surface area (Å²) in [7, 11) is 0. The van der Waals surface area contributed by atoms with Crippen LogP contribution in [0.3, 0.4) is 0 Å². The molecule has 2 rings (SSSR count). The molecule has 8 nitrogen and oxygen atoms in total. The number of esters is 2. The molecule has 3 N–H and O–H groups in total. The Hall–Kier alpha value is -1.22. The number of carbonyl (C=O) groups excluding carboxylic acids is 2. The van der Waals surface area contributed by atoms with Crippen LogP contribution >= 0.6 is 0 Å². The molecule has 8 heteroatoms. The van der Waals surface area contributed by atoms with Crippen LogP contribution in [0.1, 0.15) is 139 Å². The molecule has 0 aromatic carbocycles. The van der Waals surface area contributed by atoms with Crippen LogP contribution in [-0.4, -0.2) is 61.6 Å². The fourth-order valence-electron chi connectivity index (χ4n) is 6.73. The number of hydrogen-bond donors (Lipinski definition) is 2. The highest BCUT2D eigenvalue weighted by Crippen LogP contribution is 2.39. The number of hydrogen-bond acceptors (Lipinski definition) is 8. The molecular formula is C30H57N3O5. The minimum atomic E-state index is -0.434. The molecule has 0 aromatic heterocycles. The quantitative estimate of drug-likeness (QED) is 0.173. The van der Waals surface area contributed by atoms with Crippen molar-refractivity contribution in [1.82, 2.24) is 10.1 Å². The van der Waals surface area contributed by atoms with E-state index >= 15 is 0 Å². The van der Waals surface area contributed by atoms with Crippen molar-refractivity contribution in [2.45, 2.75) is 174 Å². The number of nitrogens with two attached hydrogens (primary N) is 1. The summed E-state index contributed by atoms with van der Waals surface area (Å²) in [6, 6.07) is 0. The number of hydrazine groups is 1. The van der Waals surface area contributed by atoms with Gasteiger partial charge < -0.3 is 14.7 Å². The first kappa shape index (κ1) is 33.0. The summed E-state index contributed by atoms with van der Waals surface area (Å²) in [5.74, 6) is 5.98. The lowest BCUT2D eigenvalue weighted by molar-refractivity contribution is -0.260. The molecule has 2 fully saturated rings. The van der Waals surface area contributed by atoms with Gasteiger partial charge in [-0.2, -0.15) is 5.06 Å². The number of carbonyl (C=O) groups is 2. The lowest BCUT2D eigenvalue weighted by atomic mass is 9.80. The second kappa shape index (κ2) is 13.0. The standard InChI is InChI=1S/C30H57N3O5/c1-10-22(26(35)38-24-20-29(6,7)33(36)30(8,9)21-24)16-14-12-11-13-15-17-25(34)37-23-18-27(2,3)32(31)28(4,5)19-23/h22-24,36H,10-21,31H2,1-9H3. The minimum absolute atomic E-state index is 0.0863. The highest BCUT2D eigenvalue weighted by molar-refractivity contribution is 5.72. The van der Waals surface area contributed by atoms with E-state index in [1.54, 1.807) is 0 Å². The van der Waals surface area contributed by atoms with Crippen molar-refractivity contribution in [3.63, 3.8) is 0 Å². The minimum Gasteiger partial charge on any atom is -0.462 e. The van der Waals surface area contributed by atoms with E-state index in [-0.39, 0.29) is 41.1 Å². The Balaban J connectivity index is 1.64. The highest BCUT2D eigenvalue weighted by Gasteiger charge is 2.47. The third-order valence-electron chi connectivity index (χ3n) is 8.70. The number of rotatable bonds is 12. The molecule has 2 heterocycles. The van der Waals surface area contributed by atoms with Crippen molar-refractivity contribution in [2.75, 3.05) is 0 Å². The van der Waals surface area contributed by atoms with Gasteiger partial charge in [-0.3, -0.25) is 15.4 Å². The first-order chi connectivity index (χ1) is 17.4. The lowest BCUT2D eigenvalue weighted by Gasteiger charge is -2.52. The topological polar surface area (TPSA) is 105 Å². The zero-order valence-corrected chi connectivity index (χ0v) is 25.8. The van der Waals surface area contributed by atoms with Gasteiger partial charge in [-0.15, -0.1) is 0 Å². The van der Waals surface area contributed by atoms with E-state index in [1.165, 1.54) is 5.06 Å². The lowest BCUT2D eigenvalue weighted by Crippen LogP contribution is -2.65. The van der Waals surface area contributed by atoms with E-state index in [0.717, 1.165) is 57.8 Å². The second-order valence-corrected chi connectivity index (χ2v) is 14.3. The maximum absolute atomic E-state index is 12.9. The van der Waals surface area contributed by atoms with E-state index in [0.29, 0.717) is 19.3 Å². The van der Waals surface area contributed by atoms with Crippen LogP contribution in [0.15, 0.2) is 0 Å². The molecule has 0 aliphatic carbocycles. The predicted octanol–water partition coefficient (Wildman–Crippen LogP) is 6.14. The average Bonchev–Trinajstić information content (AvgIpc) is 2.76. The summed E-state index contributed by atoms with van der Waals surface area (Å²) in [5, 5.41) is 13.8. The van der Waals surface area contributed by atoms with Gasteiger partial charge in [0.05, 0.1) is 5.92 Å². The molecule has 222 valence electrons. The van der Waals surface area contributed by atoms with Crippen LogP contribution in [0.4, 0.5) is 0 Å². The van der Waals surface area contributed by atoms with Gasteiger partial charge in [0.15, 0.2) is 0 Å². The summed E-state index contributed by atoms with van der Waals surface area (Å²) < 4.78 is 11.8. The number of ether oxygens (including phenoxy) is 2. The molecular weight excluding hydrogens is 482 g/mol. The van der Waals surface area contributed by atoms with Crippen molar-refractivity contribution in [3.8, 4) is 0 Å². The van der Waals surface area contributed by atoms with Gasteiger partial charge in [-0.25, -0.2) is 5.01 Å². The van der Waals surface area contributed by atoms with Crippen LogP contribution in [0, 0.1) is 5.92 Å². The molecule has 0 bridgehead atoms. The summed E-state index contributed by atoms with van der Waals surface area (Å²) in [4.78, 5) is 25.3. The third kappa shape index (κ3) is 8.90. The molecule has 1 atom stereocenters. The van der Waals surface area contributed by atoms with Gasteiger partial charge in [0, 0.05) is 54.3 Å². The fraction of sp³-hybridized carbons (Fsp3) is 0.933. The molecule has 2 saturated heterocycles. The van der Waals surface area contributed by atoms with Gasteiger partial charge in [-0.05, 0) is 74.7 Å². The maximum atomic E-state index is 12.9. The van der Waals surface area contributed by atoms with Gasteiger partial charge in [0.25, 0.3) is 0 Å². The first-order valence-corrected chi connectivity index (χ1v) is 14.9. The molecule has 2 aliphatic heterocycles. The molecule has 0 aromatic rings. The van der Waals surface area contributed by atoms with Crippen LogP contribution in [0.25, 0.3) is 0 Å². The fourth-order valence-corrected chi connectivity index (χ4v) is 6.73. The summed E-state index contributed by atoms with van der Waals surface area (Å²) in [6.07, 6.45) is 9.40. The summed E-state index contributed by atoms with van der Waals surface area (Å²) >= 11 is 0. The van der Waals surface area contributed by atoms with E-state index in [2.05, 4.69) is 27.7 Å². The Bertz CT molecular complexity index is 759. The van der Waals surface area contributed by atoms with Crippen LogP contribution in [0.5, 0.6) is 0 Å². The SMILES string of the molecule is CCC(CCCCCCCC(=O)OC1CC(C)(C)N(N)C(C)(C)C1)C(=O)OC1CC(C)(C)N(O)C(C)(C)C1. The Labute approximate surface area is 231 Å². The maximum Gasteiger partial charge on any atom is 0.309 e. The Morgan fingerprint density at radius 3 is 1.76 bits per heavy atom. The molecule has 2 aliphatic rings. The van der Waals surface area contributed by atoms with Crippen LogP contribution < -0.4 is 5.84 Å². The molecule has 1 unspecified atom stereocenters. The normalized spacial score (nSPS) is 24.6. The van der Waals surface area contributed by atoms with E-state index in [4.69, 9.17) is 15.3 Å². The van der Waals surface area contributed by atoms with Crippen molar-refractivity contribution in [2.24, 2.45) is 11.8 Å². The zero-order chi connectivity index (χ0) is 28.9. The largest absolute Gasteiger partial charge is 0.462 e. The van der Waals surface area contributed by atoms with Crippen molar-refractivity contribution in [3.05, 3.63) is 0 Å². The Morgan fingerprint density at radius 1 is 0.789 bits per heavy atom. The molecule has 0 spiro atoms. The number of unbranched alkanes of at least 4 members (excludes halogenated alkanes) is 4. The Morgan fingerprint density at radius 2 is 1.24 bits per heavy atom. The number of piperidine rings is 2. The molecule has 0 saturated carbocycles. The third-order valence-corrected chi connectivity index (χ3v) is 8.70. The highest BCUT2D eigenvalue weighted by atomic mass is 16.6. The molecule has 0 radical (unpaired) electrons. The second-order valence-electron chi connectivity index (χ2n) is 14.3. The predicted molar refractivity (Wildman–Crippen MR) is 150 cm³/mol.